The van der Waals surface area contributed by atoms with Crippen LogP contribution in [0.25, 0.3) is 0 Å². The Kier molecular flexibility index (Phi) is 4.31. The Hall–Kier alpha value is -2.54. The highest BCUT2D eigenvalue weighted by Crippen LogP contribution is 2.35. The summed E-state index contributed by atoms with van der Waals surface area (Å²) < 4.78 is 17.8. The van der Waals surface area contributed by atoms with Crippen LogP contribution in [0.1, 0.15) is 17.7 Å². The van der Waals surface area contributed by atoms with Gasteiger partial charge in [0, 0.05) is 45.2 Å². The van der Waals surface area contributed by atoms with Gasteiger partial charge in [-0.2, -0.15) is 5.10 Å². The highest BCUT2D eigenvalue weighted by Gasteiger charge is 2.18. The Balaban J connectivity index is 1.27. The molecule has 1 aromatic carbocycles. The Morgan fingerprint density at radius 1 is 1.24 bits per heavy atom. The maximum atomic E-state index is 11.7. The van der Waals surface area contributed by atoms with Crippen molar-refractivity contribution in [1.29, 1.82) is 0 Å². The molecule has 1 aromatic heterocycles. The van der Waals surface area contributed by atoms with E-state index in [0.717, 1.165) is 61.0 Å². The largest absolute Gasteiger partial charge is 0.493 e. The molecule has 0 spiro atoms. The summed E-state index contributed by atoms with van der Waals surface area (Å²) in [6.45, 7) is 3.58. The minimum Gasteiger partial charge on any atom is -0.493 e. The number of fused-ring (bicyclic) bond motifs is 2. The number of aryl methyl sites for hydroxylation is 1. The number of hydrogen-bond donors (Lipinski definition) is 0. The first-order valence-corrected chi connectivity index (χ1v) is 8.50. The van der Waals surface area contributed by atoms with Crippen LogP contribution in [0.3, 0.4) is 0 Å². The monoisotopic (exact) mass is 343 g/mol. The van der Waals surface area contributed by atoms with Gasteiger partial charge in [0.15, 0.2) is 11.5 Å². The fraction of sp³-hybridized carbons (Fsp3) is 0.444. The predicted octanol–water partition coefficient (Wildman–Crippen LogP) is 1.34. The van der Waals surface area contributed by atoms with Gasteiger partial charge in [0.05, 0.1) is 12.3 Å². The predicted molar refractivity (Wildman–Crippen MR) is 91.1 cm³/mol. The summed E-state index contributed by atoms with van der Waals surface area (Å²) in [6.07, 6.45) is 1.80. The molecular weight excluding hydrogens is 322 g/mol. The minimum absolute atomic E-state index is 0.0493. The lowest BCUT2D eigenvalue weighted by Gasteiger charge is -2.27. The van der Waals surface area contributed by atoms with Crippen LogP contribution in [-0.4, -0.2) is 41.2 Å². The van der Waals surface area contributed by atoms with E-state index in [1.807, 2.05) is 18.2 Å². The molecule has 0 radical (unpaired) electrons. The van der Waals surface area contributed by atoms with Gasteiger partial charge < -0.3 is 14.2 Å². The highest BCUT2D eigenvalue weighted by atomic mass is 16.7. The smallest absolute Gasteiger partial charge is 0.266 e. The van der Waals surface area contributed by atoms with Crippen molar-refractivity contribution >= 4 is 0 Å². The molecule has 0 saturated carbocycles. The second kappa shape index (κ2) is 6.76. The number of hydrogen-bond acceptors (Lipinski definition) is 6. The van der Waals surface area contributed by atoms with Crippen LogP contribution in [-0.2, 0) is 20.0 Å². The van der Waals surface area contributed by atoms with Gasteiger partial charge in [0.1, 0.15) is 5.75 Å². The molecule has 2 aromatic rings. The Labute approximate surface area is 145 Å². The molecule has 0 saturated heterocycles. The fourth-order valence-electron chi connectivity index (χ4n) is 3.19. The zero-order chi connectivity index (χ0) is 17.2. The zero-order valence-electron chi connectivity index (χ0n) is 14.2. The van der Waals surface area contributed by atoms with E-state index in [1.54, 1.807) is 13.1 Å². The van der Waals surface area contributed by atoms with Crippen LogP contribution in [0.5, 0.6) is 17.2 Å². The van der Waals surface area contributed by atoms with Crippen LogP contribution in [0, 0.1) is 0 Å². The van der Waals surface area contributed by atoms with E-state index in [1.165, 1.54) is 4.68 Å². The third-order valence-electron chi connectivity index (χ3n) is 4.55. The summed E-state index contributed by atoms with van der Waals surface area (Å²) in [5, 5.41) is 4.34. The average molecular weight is 343 g/mol. The molecule has 0 amide bonds. The Morgan fingerprint density at radius 3 is 3.04 bits per heavy atom. The molecule has 3 heterocycles. The van der Waals surface area contributed by atoms with Gasteiger partial charge in [-0.05, 0) is 24.1 Å². The number of benzene rings is 1. The van der Waals surface area contributed by atoms with Gasteiger partial charge in [-0.15, -0.1) is 0 Å². The molecule has 0 fully saturated rings. The number of aromatic nitrogens is 2. The van der Waals surface area contributed by atoms with Gasteiger partial charge in [-0.3, -0.25) is 9.69 Å². The summed E-state index contributed by atoms with van der Waals surface area (Å²) in [7, 11) is 1.70. The third kappa shape index (κ3) is 3.46. The molecule has 132 valence electrons. The molecule has 2 aliphatic rings. The van der Waals surface area contributed by atoms with E-state index >= 15 is 0 Å². The number of ether oxygens (including phenoxy) is 3. The molecule has 25 heavy (non-hydrogen) atoms. The molecule has 0 unspecified atom stereocenters. The molecule has 7 heteroatoms. The van der Waals surface area contributed by atoms with E-state index in [9.17, 15) is 4.79 Å². The van der Waals surface area contributed by atoms with Crippen molar-refractivity contribution in [3.8, 4) is 17.2 Å². The minimum atomic E-state index is -0.0493. The summed E-state index contributed by atoms with van der Waals surface area (Å²) >= 11 is 0. The van der Waals surface area contributed by atoms with E-state index < -0.39 is 0 Å². The van der Waals surface area contributed by atoms with Crippen LogP contribution in [0.4, 0.5) is 0 Å². The average Bonchev–Trinajstić information content (AvgIpc) is 3.07. The second-order valence-corrected chi connectivity index (χ2v) is 6.32. The second-order valence-electron chi connectivity index (χ2n) is 6.32. The molecule has 0 atom stereocenters. The van der Waals surface area contributed by atoms with Crippen molar-refractivity contribution in [2.45, 2.75) is 19.4 Å². The molecule has 0 bridgehead atoms. The number of rotatable bonds is 5. The maximum absolute atomic E-state index is 11.7. The lowest BCUT2D eigenvalue weighted by Crippen LogP contribution is -2.35. The van der Waals surface area contributed by atoms with Gasteiger partial charge >= 0.3 is 0 Å². The first-order valence-electron chi connectivity index (χ1n) is 8.50. The maximum Gasteiger partial charge on any atom is 0.266 e. The quantitative estimate of drug-likeness (QED) is 0.763. The van der Waals surface area contributed by atoms with E-state index in [-0.39, 0.29) is 12.4 Å². The SMILES string of the molecule is Cn1nc2c(cc1=O)CN(CCCOc1ccc3c(c1)OCO3)CC2. The fourth-order valence-corrected chi connectivity index (χ4v) is 3.19. The van der Waals surface area contributed by atoms with Gasteiger partial charge in [-0.1, -0.05) is 0 Å². The van der Waals surface area contributed by atoms with Crippen LogP contribution >= 0.6 is 0 Å². The first kappa shape index (κ1) is 16.0. The topological polar surface area (TPSA) is 65.8 Å². The lowest BCUT2D eigenvalue weighted by molar-refractivity contribution is 0.173. The highest BCUT2D eigenvalue weighted by molar-refractivity contribution is 5.46. The Morgan fingerprint density at radius 2 is 2.12 bits per heavy atom. The lowest BCUT2D eigenvalue weighted by atomic mass is 10.1. The van der Waals surface area contributed by atoms with Crippen molar-refractivity contribution in [2.24, 2.45) is 7.05 Å². The van der Waals surface area contributed by atoms with Crippen LogP contribution < -0.4 is 19.8 Å². The van der Waals surface area contributed by atoms with E-state index in [2.05, 4.69) is 10.00 Å². The molecular formula is C18H21N3O4. The third-order valence-corrected chi connectivity index (χ3v) is 4.55. The van der Waals surface area contributed by atoms with Crippen molar-refractivity contribution in [3.05, 3.63) is 45.9 Å². The van der Waals surface area contributed by atoms with Crippen LogP contribution in [0.15, 0.2) is 29.1 Å². The van der Waals surface area contributed by atoms with Gasteiger partial charge in [0.2, 0.25) is 6.79 Å². The summed E-state index contributed by atoms with van der Waals surface area (Å²) in [4.78, 5) is 14.1. The first-order chi connectivity index (χ1) is 12.2. The molecule has 7 nitrogen and oxygen atoms in total. The summed E-state index contributed by atoms with van der Waals surface area (Å²) in [5.41, 5.74) is 2.03. The van der Waals surface area contributed by atoms with Gasteiger partial charge in [-0.25, -0.2) is 4.68 Å². The van der Waals surface area contributed by atoms with E-state index in [0.29, 0.717) is 6.61 Å². The summed E-state index contributed by atoms with van der Waals surface area (Å²) in [6, 6.07) is 7.33. The normalized spacial score (nSPS) is 15.9. The molecule has 0 aliphatic carbocycles. The number of nitrogens with zero attached hydrogens (tertiary/aromatic N) is 3. The standard InChI is InChI=1S/C18H21N3O4/c1-20-18(22)9-13-11-21(7-5-15(13)19-20)6-2-8-23-14-3-4-16-17(10-14)25-12-24-16/h3-4,9-10H,2,5-8,11-12H2,1H3. The molecule has 2 aliphatic heterocycles. The van der Waals surface area contributed by atoms with Crippen molar-refractivity contribution in [3.63, 3.8) is 0 Å². The molecule has 0 N–H and O–H groups in total. The van der Waals surface area contributed by atoms with E-state index in [4.69, 9.17) is 14.2 Å². The van der Waals surface area contributed by atoms with Crippen molar-refractivity contribution in [1.82, 2.24) is 14.7 Å². The molecule has 4 rings (SSSR count). The van der Waals surface area contributed by atoms with Crippen molar-refractivity contribution in [2.75, 3.05) is 26.5 Å². The summed E-state index contributed by atoms with van der Waals surface area (Å²) in [5.74, 6) is 2.29. The Bertz CT molecular complexity index is 834. The van der Waals surface area contributed by atoms with Crippen LogP contribution in [0.2, 0.25) is 0 Å². The zero-order valence-corrected chi connectivity index (χ0v) is 14.2. The van der Waals surface area contributed by atoms with Crippen molar-refractivity contribution < 1.29 is 14.2 Å². The van der Waals surface area contributed by atoms with Gasteiger partial charge in [0.25, 0.3) is 5.56 Å².